The Hall–Kier alpha value is -3.18. The van der Waals surface area contributed by atoms with Crippen LogP contribution in [0.25, 0.3) is 22.6 Å². The van der Waals surface area contributed by atoms with E-state index in [-0.39, 0.29) is 18.1 Å². The Kier molecular flexibility index (Phi) is 7.03. The molecule has 1 fully saturated rings. The molecule has 0 saturated carbocycles. The number of methoxy groups -OCH3 is 1. The van der Waals surface area contributed by atoms with Gasteiger partial charge in [-0.2, -0.15) is 0 Å². The van der Waals surface area contributed by atoms with Crippen LogP contribution in [-0.2, 0) is 20.8 Å². The molecule has 0 bridgehead atoms. The first kappa shape index (κ1) is 24.0. The summed E-state index contributed by atoms with van der Waals surface area (Å²) in [6.07, 6.45) is 4.51. The van der Waals surface area contributed by atoms with Gasteiger partial charge in [0.15, 0.2) is 17.0 Å². The van der Waals surface area contributed by atoms with E-state index in [4.69, 9.17) is 14.5 Å². The van der Waals surface area contributed by atoms with Crippen LogP contribution >= 0.6 is 0 Å². The molecule has 1 amide bonds. The Labute approximate surface area is 198 Å². The van der Waals surface area contributed by atoms with Crippen molar-refractivity contribution in [3.63, 3.8) is 0 Å². The van der Waals surface area contributed by atoms with E-state index in [2.05, 4.69) is 25.3 Å². The number of aromatic nitrogens is 6. The van der Waals surface area contributed by atoms with Gasteiger partial charge in [-0.05, 0) is 34.6 Å². The lowest BCUT2D eigenvalue weighted by Gasteiger charge is -2.38. The lowest BCUT2D eigenvalue weighted by atomic mass is 10.1. The normalized spacial score (nSPS) is 20.4. The summed E-state index contributed by atoms with van der Waals surface area (Å²) in [7, 11) is 1.59. The van der Waals surface area contributed by atoms with Gasteiger partial charge in [0.2, 0.25) is 5.91 Å². The van der Waals surface area contributed by atoms with Gasteiger partial charge in [-0.1, -0.05) is 0 Å². The van der Waals surface area contributed by atoms with Gasteiger partial charge < -0.3 is 24.3 Å². The Morgan fingerprint density at radius 1 is 1.21 bits per heavy atom. The van der Waals surface area contributed by atoms with Crippen LogP contribution in [0.5, 0.6) is 0 Å². The van der Waals surface area contributed by atoms with Crippen molar-refractivity contribution in [2.45, 2.75) is 65.5 Å². The molecule has 182 valence electrons. The van der Waals surface area contributed by atoms with Crippen molar-refractivity contribution in [3.8, 4) is 11.4 Å². The maximum atomic E-state index is 13.6. The molecule has 3 aromatic heterocycles. The number of amides is 1. The van der Waals surface area contributed by atoms with Crippen molar-refractivity contribution in [1.29, 1.82) is 0 Å². The molecular formula is C23H32N8O3. The number of hydrogen-bond donors (Lipinski definition) is 1. The largest absolute Gasteiger partial charge is 0.379 e. The first-order valence-corrected chi connectivity index (χ1v) is 11.6. The summed E-state index contributed by atoms with van der Waals surface area (Å²) in [6, 6.07) is -0.654. The number of rotatable bonds is 7. The van der Waals surface area contributed by atoms with Crippen molar-refractivity contribution in [2.24, 2.45) is 0 Å². The fourth-order valence-electron chi connectivity index (χ4n) is 4.29. The number of fused-ring (bicyclic) bond motifs is 1. The van der Waals surface area contributed by atoms with Gasteiger partial charge in [0.05, 0.1) is 23.9 Å². The van der Waals surface area contributed by atoms with Crippen LogP contribution < -0.4 is 5.32 Å². The van der Waals surface area contributed by atoms with Gasteiger partial charge in [-0.3, -0.25) is 4.79 Å². The van der Waals surface area contributed by atoms with E-state index in [9.17, 15) is 4.79 Å². The highest BCUT2D eigenvalue weighted by Crippen LogP contribution is 2.27. The average molecular weight is 469 g/mol. The number of nitrogens with one attached hydrogen (secondary N) is 1. The fourth-order valence-corrected chi connectivity index (χ4v) is 4.29. The third kappa shape index (κ3) is 4.71. The van der Waals surface area contributed by atoms with Crippen LogP contribution in [0.1, 0.15) is 33.5 Å². The molecule has 2 unspecified atom stereocenters. The summed E-state index contributed by atoms with van der Waals surface area (Å²) < 4.78 is 13.3. The number of nitrogens with zero attached hydrogens (tertiary/aromatic N) is 7. The van der Waals surface area contributed by atoms with Crippen LogP contribution in [0.15, 0.2) is 18.7 Å². The third-order valence-electron chi connectivity index (χ3n) is 6.02. The fraction of sp³-hybridized carbons (Fsp3) is 0.565. The Bertz CT molecular complexity index is 1140. The topological polar surface area (TPSA) is 120 Å². The third-order valence-corrected chi connectivity index (χ3v) is 6.02. The Morgan fingerprint density at radius 3 is 2.50 bits per heavy atom. The molecule has 0 aromatic carbocycles. The Balaban J connectivity index is 1.71. The number of morpholine rings is 1. The minimum Gasteiger partial charge on any atom is -0.379 e. The summed E-state index contributed by atoms with van der Waals surface area (Å²) in [4.78, 5) is 37.7. The second-order valence-corrected chi connectivity index (χ2v) is 8.66. The second kappa shape index (κ2) is 9.98. The van der Waals surface area contributed by atoms with Crippen LogP contribution in [0, 0.1) is 6.92 Å². The first-order chi connectivity index (χ1) is 16.3. The van der Waals surface area contributed by atoms with Crippen molar-refractivity contribution in [1.82, 2.24) is 34.4 Å². The molecule has 0 spiro atoms. The highest BCUT2D eigenvalue weighted by Gasteiger charge is 2.34. The van der Waals surface area contributed by atoms with Crippen molar-refractivity contribution in [2.75, 3.05) is 25.5 Å². The molecule has 3 aromatic rings. The van der Waals surface area contributed by atoms with E-state index in [1.54, 1.807) is 19.5 Å². The zero-order valence-electron chi connectivity index (χ0n) is 20.5. The van der Waals surface area contributed by atoms with E-state index in [0.717, 1.165) is 5.56 Å². The number of ether oxygens (including phenoxy) is 2. The number of carbonyl (C=O) groups is 1. The smallest absolute Gasteiger partial charge is 0.247 e. The zero-order valence-corrected chi connectivity index (χ0v) is 20.5. The number of imidazole rings is 1. The lowest BCUT2D eigenvalue weighted by Crippen LogP contribution is -2.55. The van der Waals surface area contributed by atoms with E-state index in [0.29, 0.717) is 48.3 Å². The first-order valence-electron chi connectivity index (χ1n) is 11.6. The summed E-state index contributed by atoms with van der Waals surface area (Å²) in [6.45, 7) is 11.4. The molecule has 34 heavy (non-hydrogen) atoms. The van der Waals surface area contributed by atoms with Crippen LogP contribution in [0.4, 0.5) is 5.82 Å². The van der Waals surface area contributed by atoms with Crippen molar-refractivity contribution in [3.05, 3.63) is 24.5 Å². The van der Waals surface area contributed by atoms with Crippen LogP contribution in [0.2, 0.25) is 0 Å². The standard InChI is InChI=1S/C23H32N8O3/c1-7-31-21(17-8-24-16(5)25-9-17)29-19-20(26-12-27-22(19)31)28-18(15(4)33-6)23(32)30-10-13(2)34-14(3)11-30/h8-9,12-15,18H,7,10-11H2,1-6H3,(H,26,27,28)/t13?,14?,15-,18+/m0/s1. The van der Waals surface area contributed by atoms with Gasteiger partial charge in [0, 0.05) is 39.1 Å². The lowest BCUT2D eigenvalue weighted by molar-refractivity contribution is -0.146. The summed E-state index contributed by atoms with van der Waals surface area (Å²) >= 11 is 0. The van der Waals surface area contributed by atoms with Gasteiger partial charge >= 0.3 is 0 Å². The molecule has 4 rings (SSSR count). The molecule has 11 nitrogen and oxygen atoms in total. The molecular weight excluding hydrogens is 436 g/mol. The zero-order chi connectivity index (χ0) is 24.4. The van der Waals surface area contributed by atoms with E-state index in [1.807, 2.05) is 44.1 Å². The molecule has 1 saturated heterocycles. The van der Waals surface area contributed by atoms with Crippen molar-refractivity contribution < 1.29 is 14.3 Å². The SMILES string of the molecule is CCn1c(-c2cnc(C)nc2)nc2c(N[C@@H](C(=O)N3CC(C)OC(C)C3)[C@H](C)OC)ncnc21. The van der Waals surface area contributed by atoms with Crippen LogP contribution in [-0.4, -0.2) is 84.8 Å². The summed E-state index contributed by atoms with van der Waals surface area (Å²) in [5.41, 5.74) is 2.02. The minimum atomic E-state index is -0.654. The predicted molar refractivity (Wildman–Crippen MR) is 127 cm³/mol. The Morgan fingerprint density at radius 2 is 1.88 bits per heavy atom. The quantitative estimate of drug-likeness (QED) is 0.555. The predicted octanol–water partition coefficient (Wildman–Crippen LogP) is 2.06. The number of carbonyl (C=O) groups excluding carboxylic acids is 1. The average Bonchev–Trinajstić information content (AvgIpc) is 3.21. The molecule has 11 heteroatoms. The number of anilines is 1. The molecule has 0 aliphatic carbocycles. The van der Waals surface area contributed by atoms with E-state index in [1.165, 1.54) is 6.33 Å². The number of hydrogen-bond acceptors (Lipinski definition) is 9. The maximum Gasteiger partial charge on any atom is 0.247 e. The van der Waals surface area contributed by atoms with E-state index >= 15 is 0 Å². The second-order valence-electron chi connectivity index (χ2n) is 8.66. The highest BCUT2D eigenvalue weighted by molar-refractivity contribution is 5.91. The molecule has 4 heterocycles. The van der Waals surface area contributed by atoms with Gasteiger partial charge in [0.25, 0.3) is 0 Å². The molecule has 1 aliphatic heterocycles. The molecule has 0 radical (unpaired) electrons. The number of aryl methyl sites for hydroxylation is 2. The van der Waals surface area contributed by atoms with Gasteiger partial charge in [0.1, 0.15) is 24.0 Å². The van der Waals surface area contributed by atoms with Gasteiger partial charge in [-0.25, -0.2) is 24.9 Å². The molecule has 1 N–H and O–H groups in total. The van der Waals surface area contributed by atoms with Crippen molar-refractivity contribution >= 4 is 22.9 Å². The van der Waals surface area contributed by atoms with E-state index < -0.39 is 12.1 Å². The molecule has 1 aliphatic rings. The van der Waals surface area contributed by atoms with Crippen LogP contribution in [0.3, 0.4) is 0 Å². The maximum absolute atomic E-state index is 13.6. The monoisotopic (exact) mass is 468 g/mol. The summed E-state index contributed by atoms with van der Waals surface area (Å²) in [5, 5.41) is 3.31. The summed E-state index contributed by atoms with van der Waals surface area (Å²) in [5.74, 6) is 1.79. The highest BCUT2D eigenvalue weighted by atomic mass is 16.5. The minimum absolute atomic E-state index is 0.0310. The van der Waals surface area contributed by atoms with Gasteiger partial charge in [-0.15, -0.1) is 0 Å². The molecule has 4 atom stereocenters.